The average Bonchev–Trinajstić information content (AvgIpc) is 3.30. The zero-order valence-electron chi connectivity index (χ0n) is 19.1. The standard InChI is InChI=1S/C25H26N6O2S/c1-25(2,30-24(32)16-6-4-3-5-7-16)19-14-18-21(34-19)23(31-10-12-33-13-11-31)29-22(28-18)17-8-9-20(26)27-15-17/h3-9,14-15H,10-13H2,1-2H3,(H2,26,27)(H,30,32). The van der Waals surface area contributed by atoms with E-state index >= 15 is 0 Å². The maximum atomic E-state index is 12.9. The van der Waals surface area contributed by atoms with Crippen molar-refractivity contribution >= 4 is 39.1 Å². The maximum Gasteiger partial charge on any atom is 0.251 e. The molecule has 0 aliphatic carbocycles. The van der Waals surface area contributed by atoms with Gasteiger partial charge in [-0.3, -0.25) is 4.79 Å². The minimum absolute atomic E-state index is 0.115. The molecule has 0 atom stereocenters. The summed E-state index contributed by atoms with van der Waals surface area (Å²) in [5.41, 5.74) is 7.44. The number of pyridine rings is 1. The number of nitrogens with zero attached hydrogens (tertiary/aromatic N) is 4. The Morgan fingerprint density at radius 2 is 1.88 bits per heavy atom. The molecule has 1 aliphatic rings. The molecule has 4 aromatic rings. The summed E-state index contributed by atoms with van der Waals surface area (Å²) in [5, 5.41) is 3.17. The van der Waals surface area contributed by atoms with Crippen LogP contribution in [0.2, 0.25) is 0 Å². The van der Waals surface area contributed by atoms with Crippen LogP contribution in [0.3, 0.4) is 0 Å². The predicted molar refractivity (Wildman–Crippen MR) is 135 cm³/mol. The lowest BCUT2D eigenvalue weighted by Crippen LogP contribution is -2.40. The Morgan fingerprint density at radius 3 is 2.59 bits per heavy atom. The highest BCUT2D eigenvalue weighted by atomic mass is 32.1. The molecule has 9 heteroatoms. The van der Waals surface area contributed by atoms with E-state index in [1.807, 2.05) is 56.3 Å². The normalized spacial score (nSPS) is 14.4. The summed E-state index contributed by atoms with van der Waals surface area (Å²) in [5.74, 6) is 1.81. The molecule has 1 saturated heterocycles. The van der Waals surface area contributed by atoms with Crippen molar-refractivity contribution in [1.29, 1.82) is 0 Å². The summed E-state index contributed by atoms with van der Waals surface area (Å²) in [6.07, 6.45) is 1.69. The molecule has 1 fully saturated rings. The number of amides is 1. The number of morpholine rings is 1. The van der Waals surface area contributed by atoms with Crippen molar-refractivity contribution in [2.75, 3.05) is 36.9 Å². The summed E-state index contributed by atoms with van der Waals surface area (Å²) < 4.78 is 6.55. The lowest BCUT2D eigenvalue weighted by atomic mass is 10.0. The molecule has 0 bridgehead atoms. The monoisotopic (exact) mass is 474 g/mol. The van der Waals surface area contributed by atoms with Gasteiger partial charge in [0.05, 0.1) is 29.0 Å². The summed E-state index contributed by atoms with van der Waals surface area (Å²) in [6, 6.07) is 14.9. The van der Waals surface area contributed by atoms with E-state index in [2.05, 4.69) is 15.2 Å². The van der Waals surface area contributed by atoms with Gasteiger partial charge in [0.1, 0.15) is 5.82 Å². The van der Waals surface area contributed by atoms with E-state index in [1.54, 1.807) is 23.6 Å². The molecule has 1 amide bonds. The Hall–Kier alpha value is -3.56. The van der Waals surface area contributed by atoms with Crippen LogP contribution in [0.1, 0.15) is 29.1 Å². The van der Waals surface area contributed by atoms with E-state index in [0.717, 1.165) is 39.6 Å². The Morgan fingerprint density at radius 1 is 1.12 bits per heavy atom. The molecular weight excluding hydrogens is 448 g/mol. The number of carbonyl (C=O) groups excluding carboxylic acids is 1. The van der Waals surface area contributed by atoms with Crippen LogP contribution >= 0.6 is 11.3 Å². The van der Waals surface area contributed by atoms with Gasteiger partial charge < -0.3 is 20.7 Å². The summed E-state index contributed by atoms with van der Waals surface area (Å²) in [6.45, 7) is 6.83. The molecule has 4 heterocycles. The van der Waals surface area contributed by atoms with Crippen LogP contribution in [0.15, 0.2) is 54.7 Å². The van der Waals surface area contributed by atoms with Gasteiger partial charge in [0, 0.05) is 35.3 Å². The Kier molecular flexibility index (Phi) is 5.89. The number of nitrogens with one attached hydrogen (secondary N) is 1. The minimum atomic E-state index is -0.594. The molecule has 0 spiro atoms. The molecule has 0 unspecified atom stereocenters. The molecular formula is C25H26N6O2S. The van der Waals surface area contributed by atoms with E-state index in [9.17, 15) is 4.79 Å². The summed E-state index contributed by atoms with van der Waals surface area (Å²) in [4.78, 5) is 30.1. The van der Waals surface area contributed by atoms with Crippen molar-refractivity contribution in [1.82, 2.24) is 20.3 Å². The molecule has 5 rings (SSSR count). The second-order valence-electron chi connectivity index (χ2n) is 8.71. The number of aromatic nitrogens is 3. The van der Waals surface area contributed by atoms with Gasteiger partial charge in [-0.1, -0.05) is 18.2 Å². The Balaban J connectivity index is 1.56. The number of benzene rings is 1. The number of carbonyl (C=O) groups is 1. The second kappa shape index (κ2) is 9.00. The molecule has 3 aromatic heterocycles. The third-order valence-electron chi connectivity index (χ3n) is 5.79. The minimum Gasteiger partial charge on any atom is -0.384 e. The van der Waals surface area contributed by atoms with E-state index in [4.69, 9.17) is 20.4 Å². The van der Waals surface area contributed by atoms with Gasteiger partial charge in [-0.15, -0.1) is 11.3 Å². The van der Waals surface area contributed by atoms with Crippen molar-refractivity contribution in [3.63, 3.8) is 0 Å². The number of hydrogen-bond acceptors (Lipinski definition) is 8. The maximum absolute atomic E-state index is 12.9. The highest BCUT2D eigenvalue weighted by molar-refractivity contribution is 7.19. The van der Waals surface area contributed by atoms with Gasteiger partial charge in [0.25, 0.3) is 5.91 Å². The third kappa shape index (κ3) is 4.44. The van der Waals surface area contributed by atoms with E-state index in [1.165, 1.54) is 0 Å². The number of hydrogen-bond donors (Lipinski definition) is 2. The topological polar surface area (TPSA) is 106 Å². The van der Waals surface area contributed by atoms with Gasteiger partial charge >= 0.3 is 0 Å². The number of rotatable bonds is 5. The quantitative estimate of drug-likeness (QED) is 0.453. The van der Waals surface area contributed by atoms with E-state index in [-0.39, 0.29) is 5.91 Å². The highest BCUT2D eigenvalue weighted by Crippen LogP contribution is 2.38. The smallest absolute Gasteiger partial charge is 0.251 e. The van der Waals surface area contributed by atoms with Crippen LogP contribution < -0.4 is 16.0 Å². The fourth-order valence-electron chi connectivity index (χ4n) is 3.89. The third-order valence-corrected chi connectivity index (χ3v) is 7.23. The number of anilines is 2. The van der Waals surface area contributed by atoms with Crippen LogP contribution in [-0.2, 0) is 10.3 Å². The first-order valence-electron chi connectivity index (χ1n) is 11.1. The molecule has 3 N–H and O–H groups in total. The fourth-order valence-corrected chi connectivity index (χ4v) is 5.06. The number of ether oxygens (including phenoxy) is 1. The van der Waals surface area contributed by atoms with Crippen molar-refractivity contribution in [3.8, 4) is 11.4 Å². The van der Waals surface area contributed by atoms with Crippen LogP contribution in [0.5, 0.6) is 0 Å². The first kappa shape index (κ1) is 22.2. The number of nitrogen functional groups attached to an aromatic ring is 1. The van der Waals surface area contributed by atoms with Crippen molar-refractivity contribution in [3.05, 3.63) is 65.2 Å². The van der Waals surface area contributed by atoms with Gasteiger partial charge in [-0.05, 0) is 44.2 Å². The largest absolute Gasteiger partial charge is 0.384 e. The first-order chi connectivity index (χ1) is 16.4. The molecule has 0 saturated carbocycles. The highest BCUT2D eigenvalue weighted by Gasteiger charge is 2.28. The van der Waals surface area contributed by atoms with E-state index in [0.29, 0.717) is 30.4 Å². The summed E-state index contributed by atoms with van der Waals surface area (Å²) >= 11 is 1.61. The Labute approximate surface area is 201 Å². The average molecular weight is 475 g/mol. The molecule has 174 valence electrons. The van der Waals surface area contributed by atoms with Crippen LogP contribution in [-0.4, -0.2) is 47.2 Å². The van der Waals surface area contributed by atoms with Gasteiger partial charge in [-0.25, -0.2) is 15.0 Å². The molecule has 1 aromatic carbocycles. The summed E-state index contributed by atoms with van der Waals surface area (Å²) in [7, 11) is 0. The van der Waals surface area contributed by atoms with Crippen molar-refractivity contribution in [2.24, 2.45) is 0 Å². The first-order valence-corrected chi connectivity index (χ1v) is 12.0. The second-order valence-corrected chi connectivity index (χ2v) is 9.76. The number of thiophene rings is 1. The van der Waals surface area contributed by atoms with Crippen LogP contribution in [0.4, 0.5) is 11.6 Å². The number of fused-ring (bicyclic) bond motifs is 1. The van der Waals surface area contributed by atoms with Crippen molar-refractivity contribution in [2.45, 2.75) is 19.4 Å². The van der Waals surface area contributed by atoms with E-state index < -0.39 is 5.54 Å². The van der Waals surface area contributed by atoms with Gasteiger partial charge in [0.15, 0.2) is 11.6 Å². The predicted octanol–water partition coefficient (Wildman–Crippen LogP) is 3.84. The zero-order valence-corrected chi connectivity index (χ0v) is 19.9. The van der Waals surface area contributed by atoms with Gasteiger partial charge in [-0.2, -0.15) is 0 Å². The molecule has 8 nitrogen and oxygen atoms in total. The van der Waals surface area contributed by atoms with Crippen LogP contribution in [0, 0.1) is 0 Å². The zero-order chi connectivity index (χ0) is 23.7. The molecule has 34 heavy (non-hydrogen) atoms. The fraction of sp³-hybridized carbons (Fsp3) is 0.280. The SMILES string of the molecule is CC(C)(NC(=O)c1ccccc1)c1cc2nc(-c3ccc(N)nc3)nc(N3CCOCC3)c2s1. The van der Waals surface area contributed by atoms with Gasteiger partial charge in [0.2, 0.25) is 0 Å². The molecule has 1 aliphatic heterocycles. The van der Waals surface area contributed by atoms with Crippen molar-refractivity contribution < 1.29 is 9.53 Å². The lowest BCUT2D eigenvalue weighted by molar-refractivity contribution is 0.0913. The Bertz CT molecular complexity index is 1310. The lowest BCUT2D eigenvalue weighted by Gasteiger charge is -2.28. The molecule has 0 radical (unpaired) electrons. The van der Waals surface area contributed by atoms with Crippen LogP contribution in [0.25, 0.3) is 21.6 Å². The number of nitrogens with two attached hydrogens (primary N) is 1.